The fraction of sp³-hybridized carbons (Fsp3) is 0.438. The van der Waals surface area contributed by atoms with Crippen LogP contribution in [0, 0.1) is 6.92 Å². The summed E-state index contributed by atoms with van der Waals surface area (Å²) in [6.45, 7) is 1.86. The lowest BCUT2D eigenvalue weighted by molar-refractivity contribution is -0.135. The van der Waals surface area contributed by atoms with Crippen LogP contribution >= 0.6 is 0 Å². The number of carbonyl (C=O) groups is 1. The lowest BCUT2D eigenvalue weighted by Crippen LogP contribution is -2.09. The summed E-state index contributed by atoms with van der Waals surface area (Å²) in [6.07, 6.45) is 6.60. The number of ether oxygens (including phenoxy) is 1. The van der Waals surface area contributed by atoms with Crippen LogP contribution in [0.5, 0.6) is 5.75 Å². The Balaban J connectivity index is 2.22. The number of aliphatic hydroxyl groups is 1. The molecule has 0 atom stereocenters. The first-order valence-corrected chi connectivity index (χ1v) is 6.98. The van der Waals surface area contributed by atoms with Crippen molar-refractivity contribution in [2.75, 3.05) is 0 Å². The Morgan fingerprint density at radius 3 is 2.60 bits per heavy atom. The summed E-state index contributed by atoms with van der Waals surface area (Å²) in [4.78, 5) is 10.9. The van der Waals surface area contributed by atoms with Gasteiger partial charge >= 0.3 is 5.97 Å². The molecule has 1 aromatic carbocycles. The van der Waals surface area contributed by atoms with Crippen LogP contribution in [0.2, 0.25) is 0 Å². The first-order chi connectivity index (χ1) is 9.61. The maximum Gasteiger partial charge on any atom is 0.375 e. The quantitative estimate of drug-likeness (QED) is 0.646. The van der Waals surface area contributed by atoms with E-state index >= 15 is 0 Å². The topological polar surface area (TPSA) is 66.8 Å². The molecular weight excluding hydrogens is 256 g/mol. The van der Waals surface area contributed by atoms with Gasteiger partial charge in [0.25, 0.3) is 0 Å². The zero-order chi connectivity index (χ0) is 14.5. The molecule has 1 aromatic rings. The van der Waals surface area contributed by atoms with Crippen molar-refractivity contribution in [2.45, 2.75) is 44.9 Å². The molecule has 0 saturated heterocycles. The fourth-order valence-electron chi connectivity index (χ4n) is 2.66. The van der Waals surface area contributed by atoms with E-state index < -0.39 is 11.7 Å². The second kappa shape index (κ2) is 6.46. The molecule has 1 aliphatic rings. The third-order valence-corrected chi connectivity index (χ3v) is 3.84. The van der Waals surface area contributed by atoms with Gasteiger partial charge in [0.05, 0.1) is 0 Å². The zero-order valence-corrected chi connectivity index (χ0v) is 11.6. The Morgan fingerprint density at radius 1 is 1.30 bits per heavy atom. The predicted molar refractivity (Wildman–Crippen MR) is 76.0 cm³/mol. The first-order valence-electron chi connectivity index (χ1n) is 6.98. The van der Waals surface area contributed by atoms with E-state index in [2.05, 4.69) is 6.07 Å². The van der Waals surface area contributed by atoms with Gasteiger partial charge in [-0.15, -0.1) is 0 Å². The van der Waals surface area contributed by atoms with Crippen molar-refractivity contribution in [1.82, 2.24) is 0 Å². The number of carboxylic acids is 1. The van der Waals surface area contributed by atoms with Crippen molar-refractivity contribution in [3.63, 3.8) is 0 Å². The highest BCUT2D eigenvalue weighted by Crippen LogP contribution is 2.35. The van der Waals surface area contributed by atoms with Gasteiger partial charge in [0.1, 0.15) is 12.0 Å². The van der Waals surface area contributed by atoms with Crippen molar-refractivity contribution in [3.05, 3.63) is 41.3 Å². The summed E-state index contributed by atoms with van der Waals surface area (Å²) < 4.78 is 5.30. The highest BCUT2D eigenvalue weighted by Gasteiger charge is 2.18. The predicted octanol–water partition coefficient (Wildman–Crippen LogP) is 3.91. The molecule has 1 aliphatic carbocycles. The number of aryl methyl sites for hydroxylation is 1. The molecule has 0 spiro atoms. The van der Waals surface area contributed by atoms with Gasteiger partial charge in [-0.3, -0.25) is 0 Å². The number of rotatable bonds is 4. The zero-order valence-electron chi connectivity index (χ0n) is 11.6. The van der Waals surface area contributed by atoms with Crippen molar-refractivity contribution >= 4 is 5.97 Å². The van der Waals surface area contributed by atoms with Crippen LogP contribution in [0.15, 0.2) is 30.2 Å². The maximum absolute atomic E-state index is 10.9. The molecule has 1 fully saturated rings. The minimum atomic E-state index is -1.28. The van der Waals surface area contributed by atoms with Crippen molar-refractivity contribution in [2.24, 2.45) is 0 Å². The molecule has 0 aromatic heterocycles. The number of hydrogen-bond acceptors (Lipinski definition) is 3. The average Bonchev–Trinajstić information content (AvgIpc) is 2.47. The standard InChI is InChI=1S/C16H20O4/c1-11-7-8-13(12-5-3-2-4-6-12)9-14(11)20-15(10-17)16(18)19/h7-10,12,17H,2-6H2,1H3,(H,18,19)/b15-10-. The van der Waals surface area contributed by atoms with Crippen LogP contribution in [-0.4, -0.2) is 16.2 Å². The molecule has 20 heavy (non-hydrogen) atoms. The summed E-state index contributed by atoms with van der Waals surface area (Å²) in [5.74, 6) is -0.724. The van der Waals surface area contributed by atoms with Gasteiger partial charge in [-0.05, 0) is 42.9 Å². The SMILES string of the molecule is Cc1ccc(C2CCCCC2)cc1O/C(=C\O)C(=O)O. The maximum atomic E-state index is 10.9. The Hall–Kier alpha value is -1.97. The Labute approximate surface area is 118 Å². The Bertz CT molecular complexity index is 513. The van der Waals surface area contributed by atoms with Gasteiger partial charge < -0.3 is 14.9 Å². The summed E-state index contributed by atoms with van der Waals surface area (Å²) >= 11 is 0. The van der Waals surface area contributed by atoms with E-state index in [-0.39, 0.29) is 0 Å². The van der Waals surface area contributed by atoms with Gasteiger partial charge in [0.2, 0.25) is 5.76 Å². The van der Waals surface area contributed by atoms with Gasteiger partial charge in [-0.2, -0.15) is 0 Å². The van der Waals surface area contributed by atoms with E-state index in [4.69, 9.17) is 14.9 Å². The smallest absolute Gasteiger partial charge is 0.375 e. The van der Waals surface area contributed by atoms with E-state index in [1.165, 1.54) is 37.7 Å². The van der Waals surface area contributed by atoms with Crippen molar-refractivity contribution < 1.29 is 19.7 Å². The molecule has 4 heteroatoms. The normalized spacial score (nSPS) is 16.9. The summed E-state index contributed by atoms with van der Waals surface area (Å²) in [7, 11) is 0. The molecule has 108 valence electrons. The third kappa shape index (κ3) is 3.32. The minimum Gasteiger partial charge on any atom is -0.511 e. The van der Waals surface area contributed by atoms with Crippen LogP contribution < -0.4 is 4.74 Å². The number of benzene rings is 1. The highest BCUT2D eigenvalue weighted by atomic mass is 16.5. The molecular formula is C16H20O4. The Kier molecular flexibility index (Phi) is 4.66. The fourth-order valence-corrected chi connectivity index (χ4v) is 2.66. The van der Waals surface area contributed by atoms with Crippen LogP contribution in [-0.2, 0) is 4.79 Å². The molecule has 0 aliphatic heterocycles. The first kappa shape index (κ1) is 14.4. The Morgan fingerprint density at radius 2 is 2.00 bits per heavy atom. The number of hydrogen-bond donors (Lipinski definition) is 2. The molecule has 0 amide bonds. The molecule has 0 unspecified atom stereocenters. The van der Waals surface area contributed by atoms with E-state index in [0.29, 0.717) is 17.9 Å². The second-order valence-corrected chi connectivity index (χ2v) is 5.26. The van der Waals surface area contributed by atoms with Crippen molar-refractivity contribution in [3.8, 4) is 5.75 Å². The van der Waals surface area contributed by atoms with Crippen LogP contribution in [0.4, 0.5) is 0 Å². The van der Waals surface area contributed by atoms with Crippen LogP contribution in [0.1, 0.15) is 49.1 Å². The molecule has 0 bridgehead atoms. The molecule has 2 rings (SSSR count). The van der Waals surface area contributed by atoms with Gasteiger partial charge in [0, 0.05) is 0 Å². The largest absolute Gasteiger partial charge is 0.511 e. The van der Waals surface area contributed by atoms with Crippen molar-refractivity contribution in [1.29, 1.82) is 0 Å². The highest BCUT2D eigenvalue weighted by molar-refractivity contribution is 5.84. The van der Waals surface area contributed by atoms with E-state index in [1.807, 2.05) is 19.1 Å². The van der Waals surface area contributed by atoms with Crippen LogP contribution in [0.3, 0.4) is 0 Å². The van der Waals surface area contributed by atoms with E-state index in [0.717, 1.165) is 5.56 Å². The number of carboxylic acid groups (broad SMARTS) is 1. The van der Waals surface area contributed by atoms with Crippen LogP contribution in [0.25, 0.3) is 0 Å². The van der Waals surface area contributed by atoms with Gasteiger partial charge in [0.15, 0.2) is 0 Å². The monoisotopic (exact) mass is 276 g/mol. The molecule has 0 heterocycles. The minimum absolute atomic E-state index is 0.464. The van der Waals surface area contributed by atoms with Gasteiger partial charge in [-0.1, -0.05) is 31.4 Å². The lowest BCUT2D eigenvalue weighted by atomic mass is 9.84. The van der Waals surface area contributed by atoms with E-state index in [1.54, 1.807) is 0 Å². The average molecular weight is 276 g/mol. The van der Waals surface area contributed by atoms with E-state index in [9.17, 15) is 4.79 Å². The molecule has 4 nitrogen and oxygen atoms in total. The number of aliphatic carboxylic acids is 1. The molecule has 2 N–H and O–H groups in total. The lowest BCUT2D eigenvalue weighted by Gasteiger charge is -2.22. The molecule has 0 radical (unpaired) electrons. The summed E-state index contributed by atoms with van der Waals surface area (Å²) in [5, 5.41) is 17.8. The third-order valence-electron chi connectivity index (χ3n) is 3.84. The number of aliphatic hydroxyl groups excluding tert-OH is 1. The van der Waals surface area contributed by atoms with Gasteiger partial charge in [-0.25, -0.2) is 4.79 Å². The summed E-state index contributed by atoms with van der Waals surface area (Å²) in [5.41, 5.74) is 2.04. The summed E-state index contributed by atoms with van der Waals surface area (Å²) in [6, 6.07) is 5.93. The second-order valence-electron chi connectivity index (χ2n) is 5.26. The molecule has 1 saturated carbocycles.